The molecule has 1 unspecified atom stereocenters. The molecule has 1 atom stereocenters. The van der Waals surface area contributed by atoms with Gasteiger partial charge in [-0.15, -0.1) is 0 Å². The largest absolute Gasteiger partial charge is 0.436 e. The molecule has 2 aromatic carbocycles. The zero-order valence-electron chi connectivity index (χ0n) is 27.5. The van der Waals surface area contributed by atoms with Gasteiger partial charge in [-0.1, -0.05) is 36.4 Å². The Morgan fingerprint density at radius 3 is 2.25 bits per heavy atom. The predicted octanol–water partition coefficient (Wildman–Crippen LogP) is 4.55. The van der Waals surface area contributed by atoms with E-state index >= 15 is 0 Å². The lowest BCUT2D eigenvalue weighted by atomic mass is 10.0. The number of urea groups is 1. The molecule has 13 heteroatoms. The summed E-state index contributed by atoms with van der Waals surface area (Å²) in [4.78, 5) is 50.2. The summed E-state index contributed by atoms with van der Waals surface area (Å²) in [5.74, 6) is -0.389. The van der Waals surface area contributed by atoms with E-state index < -0.39 is 23.9 Å². The van der Waals surface area contributed by atoms with Crippen molar-refractivity contribution < 1.29 is 32.3 Å². The molecule has 4 heterocycles. The highest BCUT2D eigenvalue weighted by Crippen LogP contribution is 2.30. The van der Waals surface area contributed by atoms with Gasteiger partial charge in [0.05, 0.1) is 5.56 Å². The predicted molar refractivity (Wildman–Crippen MR) is 175 cm³/mol. The number of carbonyl (C=O) groups is 3. The molecular weight excluding hydrogens is 625 g/mol. The summed E-state index contributed by atoms with van der Waals surface area (Å²) >= 11 is 0. The van der Waals surface area contributed by atoms with Gasteiger partial charge in [-0.3, -0.25) is 9.69 Å². The average Bonchev–Trinajstić information content (AvgIpc) is 3.26. The number of fused-ring (bicyclic) bond motifs is 1. The van der Waals surface area contributed by atoms with Gasteiger partial charge in [0.2, 0.25) is 0 Å². The zero-order chi connectivity index (χ0) is 33.8. The maximum atomic E-state index is 13.9. The van der Waals surface area contributed by atoms with Crippen molar-refractivity contribution in [3.8, 4) is 0 Å². The standard InChI is InChI=1S/C35H45F3N6O4/c1-40-14-10-28(11-15-40)41-19-21-42(22-20-41)32(45)31(24-25-5-4-7-27(23-25)35(36,37)38)48-34(47)43-16-12-29(13-17-43)44-18-9-26-6-2-3-8-30(26)39-33(44)46/h2-8,23,28-29,31H,9-22,24H2,1H3,(H,39,46). The van der Waals surface area contributed by atoms with Gasteiger partial charge in [0.1, 0.15) is 0 Å². The van der Waals surface area contributed by atoms with Gasteiger partial charge in [0.25, 0.3) is 5.91 Å². The monoisotopic (exact) mass is 670 g/mol. The molecule has 1 N–H and O–H groups in total. The van der Waals surface area contributed by atoms with Crippen LogP contribution >= 0.6 is 0 Å². The highest BCUT2D eigenvalue weighted by molar-refractivity contribution is 5.91. The number of hydrogen-bond acceptors (Lipinski definition) is 6. The van der Waals surface area contributed by atoms with E-state index in [1.807, 2.05) is 29.2 Å². The van der Waals surface area contributed by atoms with Crippen molar-refractivity contribution in [1.29, 1.82) is 0 Å². The van der Waals surface area contributed by atoms with Gasteiger partial charge in [-0.05, 0) is 75.5 Å². The van der Waals surface area contributed by atoms with E-state index in [2.05, 4.69) is 22.2 Å². The Morgan fingerprint density at radius 1 is 0.854 bits per heavy atom. The maximum absolute atomic E-state index is 13.9. The second kappa shape index (κ2) is 14.7. The molecule has 0 radical (unpaired) electrons. The number of rotatable bonds is 6. The van der Waals surface area contributed by atoms with Crippen molar-refractivity contribution in [3.63, 3.8) is 0 Å². The number of nitrogens with one attached hydrogen (secondary N) is 1. The third-order valence-electron chi connectivity index (χ3n) is 10.3. The summed E-state index contributed by atoms with van der Waals surface area (Å²) in [7, 11) is 2.12. The number of nitrogens with zero attached hydrogens (tertiary/aromatic N) is 5. The van der Waals surface area contributed by atoms with Crippen LogP contribution in [0.15, 0.2) is 48.5 Å². The number of amides is 4. The van der Waals surface area contributed by atoms with Crippen LogP contribution in [0.5, 0.6) is 0 Å². The van der Waals surface area contributed by atoms with Crippen molar-refractivity contribution >= 4 is 23.7 Å². The molecule has 0 saturated carbocycles. The van der Waals surface area contributed by atoms with Crippen LogP contribution < -0.4 is 5.32 Å². The molecule has 4 amide bonds. The third-order valence-corrected chi connectivity index (χ3v) is 10.3. The molecule has 4 aliphatic rings. The molecule has 0 spiro atoms. The van der Waals surface area contributed by atoms with Crippen LogP contribution in [0.2, 0.25) is 0 Å². The SMILES string of the molecule is CN1CCC(N2CCN(C(=O)C(Cc3cccc(C(F)(F)F)c3)OC(=O)N3CCC(N4CCc5ccccc5NC4=O)CC3)CC2)CC1. The molecule has 48 heavy (non-hydrogen) atoms. The second-order valence-electron chi connectivity index (χ2n) is 13.4. The fourth-order valence-electron chi connectivity index (χ4n) is 7.43. The van der Waals surface area contributed by atoms with Crippen LogP contribution in [0.1, 0.15) is 42.4 Å². The molecule has 4 aliphatic heterocycles. The van der Waals surface area contributed by atoms with E-state index in [1.54, 1.807) is 4.90 Å². The lowest BCUT2D eigenvalue weighted by molar-refractivity contribution is -0.143. The first-order chi connectivity index (χ1) is 23.0. The molecule has 0 aliphatic carbocycles. The topological polar surface area (TPSA) is 88.7 Å². The minimum absolute atomic E-state index is 0.0632. The number of benzene rings is 2. The molecule has 6 rings (SSSR count). The van der Waals surface area contributed by atoms with Crippen LogP contribution in [0.3, 0.4) is 0 Å². The lowest BCUT2D eigenvalue weighted by Crippen LogP contribution is -2.56. The van der Waals surface area contributed by atoms with E-state index in [-0.39, 0.29) is 30.0 Å². The first-order valence-corrected chi connectivity index (χ1v) is 17.0. The summed E-state index contributed by atoms with van der Waals surface area (Å²) in [6.07, 6.45) is -2.65. The van der Waals surface area contributed by atoms with E-state index in [0.29, 0.717) is 64.7 Å². The normalized spacial score (nSPS) is 21.3. The Morgan fingerprint density at radius 2 is 1.54 bits per heavy atom. The van der Waals surface area contributed by atoms with Gasteiger partial charge < -0.3 is 29.7 Å². The van der Waals surface area contributed by atoms with E-state index in [9.17, 15) is 27.6 Å². The Hall–Kier alpha value is -3.84. The van der Waals surface area contributed by atoms with Crippen molar-refractivity contribution in [3.05, 3.63) is 65.2 Å². The number of ether oxygens (including phenoxy) is 1. The number of piperazine rings is 1. The van der Waals surface area contributed by atoms with Crippen molar-refractivity contribution in [1.82, 2.24) is 24.5 Å². The summed E-state index contributed by atoms with van der Waals surface area (Å²) < 4.78 is 46.4. The smallest absolute Gasteiger partial charge is 0.416 e. The van der Waals surface area contributed by atoms with E-state index in [1.165, 1.54) is 17.0 Å². The number of likely N-dealkylation sites (tertiary alicyclic amines) is 2. The molecule has 3 saturated heterocycles. The molecule has 0 bridgehead atoms. The van der Waals surface area contributed by atoms with E-state index in [0.717, 1.165) is 55.7 Å². The Bertz CT molecular complexity index is 1450. The quantitative estimate of drug-likeness (QED) is 0.486. The van der Waals surface area contributed by atoms with Crippen LogP contribution in [-0.2, 0) is 28.5 Å². The van der Waals surface area contributed by atoms with Gasteiger partial charge in [-0.25, -0.2) is 9.59 Å². The molecular formula is C35H45F3N6O4. The number of anilines is 1. The van der Waals surface area contributed by atoms with E-state index in [4.69, 9.17) is 4.74 Å². The number of piperidine rings is 2. The first kappa shape index (κ1) is 34.0. The molecule has 260 valence electrons. The molecule has 10 nitrogen and oxygen atoms in total. The number of carbonyl (C=O) groups excluding carboxylic acids is 3. The summed E-state index contributed by atoms with van der Waals surface area (Å²) in [5.41, 5.74) is 1.35. The Kier molecular flexibility index (Phi) is 10.4. The first-order valence-electron chi connectivity index (χ1n) is 17.0. The fraction of sp³-hybridized carbons (Fsp3) is 0.571. The highest BCUT2D eigenvalue weighted by atomic mass is 19.4. The van der Waals surface area contributed by atoms with Gasteiger partial charge in [0, 0.05) is 70.0 Å². The Balaban J connectivity index is 1.09. The summed E-state index contributed by atoms with van der Waals surface area (Å²) in [6.45, 7) is 5.64. The Labute approximate surface area is 279 Å². The highest BCUT2D eigenvalue weighted by Gasteiger charge is 2.37. The maximum Gasteiger partial charge on any atom is 0.416 e. The fourth-order valence-corrected chi connectivity index (χ4v) is 7.43. The summed E-state index contributed by atoms with van der Waals surface area (Å²) in [6, 6.07) is 12.8. The number of hydrogen-bond donors (Lipinski definition) is 1. The van der Waals surface area contributed by atoms with Crippen molar-refractivity contribution in [2.75, 3.05) is 71.3 Å². The van der Waals surface area contributed by atoms with Crippen molar-refractivity contribution in [2.45, 2.75) is 62.9 Å². The van der Waals surface area contributed by atoms with Crippen LogP contribution in [0, 0.1) is 0 Å². The molecule has 2 aromatic rings. The van der Waals surface area contributed by atoms with Gasteiger partial charge in [-0.2, -0.15) is 13.2 Å². The summed E-state index contributed by atoms with van der Waals surface area (Å²) in [5, 5.41) is 3.00. The van der Waals surface area contributed by atoms with Crippen LogP contribution in [0.25, 0.3) is 0 Å². The van der Waals surface area contributed by atoms with Gasteiger partial charge >= 0.3 is 18.3 Å². The van der Waals surface area contributed by atoms with Gasteiger partial charge in [0.15, 0.2) is 6.10 Å². The minimum atomic E-state index is -4.53. The molecule has 0 aromatic heterocycles. The lowest BCUT2D eigenvalue weighted by Gasteiger charge is -2.42. The number of alkyl halides is 3. The zero-order valence-corrected chi connectivity index (χ0v) is 27.5. The molecule has 3 fully saturated rings. The van der Waals surface area contributed by atoms with Crippen LogP contribution in [-0.4, -0.2) is 127 Å². The van der Waals surface area contributed by atoms with Crippen LogP contribution in [0.4, 0.5) is 28.4 Å². The van der Waals surface area contributed by atoms with Crippen molar-refractivity contribution in [2.24, 2.45) is 0 Å². The minimum Gasteiger partial charge on any atom is -0.436 e. The number of para-hydroxylation sites is 1. The second-order valence-corrected chi connectivity index (χ2v) is 13.4. The number of halogens is 3. The average molecular weight is 671 g/mol. The third kappa shape index (κ3) is 8.06.